The monoisotopic (exact) mass is 436 g/mol. The highest BCUT2D eigenvalue weighted by atomic mass is 32.1. The number of piperidine rings is 1. The first-order chi connectivity index (χ1) is 15.1. The summed E-state index contributed by atoms with van der Waals surface area (Å²) in [6.07, 6.45) is 1.22. The number of carbonyl (C=O) groups is 2. The first-order valence-corrected chi connectivity index (χ1v) is 11.1. The second kappa shape index (κ2) is 9.70. The average molecular weight is 437 g/mol. The SMILES string of the molecule is C[C@H](Oc1ccccc1)C(=O)N1CCC[C@@H](c2nnc(C(=O)Nc3ccccc3)s2)C1. The molecule has 1 aliphatic heterocycles. The van der Waals surface area contributed by atoms with Crippen molar-refractivity contribution in [3.63, 3.8) is 0 Å². The molecule has 2 atom stereocenters. The van der Waals surface area contributed by atoms with E-state index in [-0.39, 0.29) is 17.7 Å². The fourth-order valence-corrected chi connectivity index (χ4v) is 4.45. The standard InChI is InChI=1S/C23H24N4O3S/c1-16(30-19-12-6-3-7-13-19)23(29)27-14-8-9-17(15-27)21-25-26-22(31-21)20(28)24-18-10-4-2-5-11-18/h2-7,10-13,16-17H,8-9,14-15H2,1H3,(H,24,28)/t16-,17+/m0/s1. The molecule has 0 radical (unpaired) electrons. The zero-order valence-electron chi connectivity index (χ0n) is 17.2. The molecule has 0 saturated carbocycles. The van der Waals surface area contributed by atoms with E-state index in [4.69, 9.17) is 4.74 Å². The predicted octanol–water partition coefficient (Wildman–Crippen LogP) is 3.96. The van der Waals surface area contributed by atoms with E-state index in [1.165, 1.54) is 11.3 Å². The molecule has 1 N–H and O–H groups in total. The molecular weight excluding hydrogens is 412 g/mol. The number of likely N-dealkylation sites (tertiary alicyclic amines) is 1. The maximum atomic E-state index is 12.9. The maximum Gasteiger partial charge on any atom is 0.286 e. The molecule has 0 spiro atoms. The summed E-state index contributed by atoms with van der Waals surface area (Å²) in [6.45, 7) is 3.02. The van der Waals surface area contributed by atoms with Crippen molar-refractivity contribution in [2.24, 2.45) is 0 Å². The zero-order chi connectivity index (χ0) is 21.6. The lowest BCUT2D eigenvalue weighted by Gasteiger charge is -2.33. The Morgan fingerprint density at radius 2 is 1.81 bits per heavy atom. The molecule has 160 valence electrons. The molecular formula is C23H24N4O3S. The lowest BCUT2D eigenvalue weighted by molar-refractivity contribution is -0.139. The van der Waals surface area contributed by atoms with Gasteiger partial charge in [0.05, 0.1) is 0 Å². The average Bonchev–Trinajstić information content (AvgIpc) is 3.31. The van der Waals surface area contributed by atoms with Crippen LogP contribution >= 0.6 is 11.3 Å². The van der Waals surface area contributed by atoms with E-state index in [1.54, 1.807) is 6.92 Å². The van der Waals surface area contributed by atoms with Gasteiger partial charge in [-0.1, -0.05) is 47.7 Å². The van der Waals surface area contributed by atoms with E-state index in [1.807, 2.05) is 65.6 Å². The number of nitrogens with zero attached hydrogens (tertiary/aromatic N) is 3. The van der Waals surface area contributed by atoms with Crippen LogP contribution in [-0.2, 0) is 4.79 Å². The first-order valence-electron chi connectivity index (χ1n) is 10.3. The smallest absolute Gasteiger partial charge is 0.286 e. The van der Waals surface area contributed by atoms with Gasteiger partial charge in [0.2, 0.25) is 5.01 Å². The molecule has 0 bridgehead atoms. The van der Waals surface area contributed by atoms with Gasteiger partial charge in [-0.3, -0.25) is 9.59 Å². The minimum absolute atomic E-state index is 0.0416. The topological polar surface area (TPSA) is 84.4 Å². The summed E-state index contributed by atoms with van der Waals surface area (Å²) in [5.41, 5.74) is 0.714. The third-order valence-electron chi connectivity index (χ3n) is 5.15. The van der Waals surface area contributed by atoms with Gasteiger partial charge in [-0.25, -0.2) is 0 Å². The minimum Gasteiger partial charge on any atom is -0.481 e. The Balaban J connectivity index is 1.37. The Morgan fingerprint density at radius 3 is 2.55 bits per heavy atom. The molecule has 1 fully saturated rings. The number of rotatable bonds is 6. The zero-order valence-corrected chi connectivity index (χ0v) is 18.0. The van der Waals surface area contributed by atoms with Crippen molar-refractivity contribution in [1.29, 1.82) is 0 Å². The van der Waals surface area contributed by atoms with Crippen LogP contribution in [-0.4, -0.2) is 46.1 Å². The van der Waals surface area contributed by atoms with Crippen LogP contribution in [0.15, 0.2) is 60.7 Å². The fraction of sp³-hybridized carbons (Fsp3) is 0.304. The number of anilines is 1. The fourth-order valence-electron chi connectivity index (χ4n) is 3.59. The Labute approximate surface area is 185 Å². The van der Waals surface area contributed by atoms with Crippen molar-refractivity contribution in [3.05, 3.63) is 70.7 Å². The number of benzene rings is 2. The molecule has 2 heterocycles. The summed E-state index contributed by atoms with van der Waals surface area (Å²) in [5, 5.41) is 12.3. The van der Waals surface area contributed by atoms with E-state index >= 15 is 0 Å². The number of nitrogens with one attached hydrogen (secondary N) is 1. The van der Waals surface area contributed by atoms with E-state index in [0.717, 1.165) is 17.8 Å². The second-order valence-electron chi connectivity index (χ2n) is 7.46. The highest BCUT2D eigenvalue weighted by Crippen LogP contribution is 2.30. The van der Waals surface area contributed by atoms with Crippen LogP contribution in [0, 0.1) is 0 Å². The van der Waals surface area contributed by atoms with Crippen LogP contribution in [0.2, 0.25) is 0 Å². The van der Waals surface area contributed by atoms with Crippen LogP contribution < -0.4 is 10.1 Å². The second-order valence-corrected chi connectivity index (χ2v) is 8.47. The number of hydrogen-bond acceptors (Lipinski definition) is 6. The molecule has 3 aromatic rings. The van der Waals surface area contributed by atoms with Crippen molar-refractivity contribution in [2.45, 2.75) is 31.8 Å². The largest absolute Gasteiger partial charge is 0.481 e. The summed E-state index contributed by atoms with van der Waals surface area (Å²) in [7, 11) is 0. The number of ether oxygens (including phenoxy) is 1. The molecule has 1 aliphatic rings. The third-order valence-corrected chi connectivity index (χ3v) is 6.24. The number of hydrogen-bond donors (Lipinski definition) is 1. The lowest BCUT2D eigenvalue weighted by Crippen LogP contribution is -2.45. The summed E-state index contributed by atoms with van der Waals surface area (Å²) < 4.78 is 5.79. The first kappa shape index (κ1) is 21.0. The van der Waals surface area contributed by atoms with Crippen LogP contribution in [0.4, 0.5) is 5.69 Å². The highest BCUT2D eigenvalue weighted by molar-refractivity contribution is 7.13. The summed E-state index contributed by atoms with van der Waals surface area (Å²) in [5.74, 6) is 0.427. The van der Waals surface area contributed by atoms with Crippen LogP contribution in [0.3, 0.4) is 0 Å². The van der Waals surface area contributed by atoms with Gasteiger partial charge in [0.25, 0.3) is 11.8 Å². The molecule has 2 amide bonds. The number of para-hydroxylation sites is 2. The van der Waals surface area contributed by atoms with Gasteiger partial charge in [0, 0.05) is 24.7 Å². The molecule has 8 heteroatoms. The summed E-state index contributed by atoms with van der Waals surface area (Å²) >= 11 is 1.29. The Morgan fingerprint density at radius 1 is 1.10 bits per heavy atom. The van der Waals surface area contributed by atoms with E-state index in [2.05, 4.69) is 15.5 Å². The van der Waals surface area contributed by atoms with Gasteiger partial charge in [-0.15, -0.1) is 10.2 Å². The summed E-state index contributed by atoms with van der Waals surface area (Å²) in [6, 6.07) is 18.6. The van der Waals surface area contributed by atoms with Crippen molar-refractivity contribution in [1.82, 2.24) is 15.1 Å². The third kappa shape index (κ3) is 5.27. The Kier molecular flexibility index (Phi) is 6.57. The molecule has 31 heavy (non-hydrogen) atoms. The van der Waals surface area contributed by atoms with Crippen LogP contribution in [0.1, 0.15) is 40.5 Å². The number of amides is 2. The van der Waals surface area contributed by atoms with Gasteiger partial charge in [0.1, 0.15) is 10.8 Å². The highest BCUT2D eigenvalue weighted by Gasteiger charge is 2.30. The molecule has 2 aromatic carbocycles. The molecule has 1 aromatic heterocycles. The maximum absolute atomic E-state index is 12.9. The quantitative estimate of drug-likeness (QED) is 0.632. The molecule has 0 unspecified atom stereocenters. The van der Waals surface area contributed by atoms with E-state index in [9.17, 15) is 9.59 Å². The molecule has 4 rings (SSSR count). The predicted molar refractivity (Wildman–Crippen MR) is 119 cm³/mol. The molecule has 1 saturated heterocycles. The molecule has 7 nitrogen and oxygen atoms in total. The Bertz CT molecular complexity index is 1030. The van der Waals surface area contributed by atoms with E-state index in [0.29, 0.717) is 29.5 Å². The Hall–Kier alpha value is -3.26. The van der Waals surface area contributed by atoms with Gasteiger partial charge in [-0.2, -0.15) is 0 Å². The van der Waals surface area contributed by atoms with Gasteiger partial charge >= 0.3 is 0 Å². The van der Waals surface area contributed by atoms with Gasteiger partial charge in [0.15, 0.2) is 6.10 Å². The van der Waals surface area contributed by atoms with E-state index < -0.39 is 6.10 Å². The van der Waals surface area contributed by atoms with Crippen molar-refractivity contribution >= 4 is 28.8 Å². The number of carbonyl (C=O) groups excluding carboxylic acids is 2. The van der Waals surface area contributed by atoms with Gasteiger partial charge in [-0.05, 0) is 44.0 Å². The minimum atomic E-state index is -0.567. The summed E-state index contributed by atoms with van der Waals surface area (Å²) in [4.78, 5) is 27.2. The molecule has 0 aliphatic carbocycles. The van der Waals surface area contributed by atoms with Crippen molar-refractivity contribution in [3.8, 4) is 5.75 Å². The van der Waals surface area contributed by atoms with Crippen molar-refractivity contribution < 1.29 is 14.3 Å². The normalized spacial score (nSPS) is 17.1. The lowest BCUT2D eigenvalue weighted by atomic mass is 9.98. The van der Waals surface area contributed by atoms with Gasteiger partial charge < -0.3 is 15.0 Å². The van der Waals surface area contributed by atoms with Crippen LogP contribution in [0.5, 0.6) is 5.75 Å². The van der Waals surface area contributed by atoms with Crippen molar-refractivity contribution in [2.75, 3.05) is 18.4 Å². The van der Waals surface area contributed by atoms with Crippen LogP contribution in [0.25, 0.3) is 0 Å². The number of aromatic nitrogens is 2.